The third kappa shape index (κ3) is 3.86. The number of ether oxygens (including phenoxy) is 1. The van der Waals surface area contributed by atoms with E-state index in [1.165, 1.54) is 12.1 Å². The van der Waals surface area contributed by atoms with Gasteiger partial charge in [0.1, 0.15) is 11.6 Å². The van der Waals surface area contributed by atoms with E-state index >= 15 is 0 Å². The fraction of sp³-hybridized carbons (Fsp3) is 0.286. The lowest BCUT2D eigenvalue weighted by Crippen LogP contribution is -2.45. The van der Waals surface area contributed by atoms with Gasteiger partial charge < -0.3 is 14.5 Å². The Hall–Kier alpha value is -2.70. The van der Waals surface area contributed by atoms with Crippen LogP contribution in [0.2, 0.25) is 0 Å². The van der Waals surface area contributed by atoms with Crippen LogP contribution in [-0.4, -0.2) is 36.6 Å². The maximum atomic E-state index is 13.5. The number of hydrogen-bond donors (Lipinski definition) is 1. The first kappa shape index (κ1) is 17.7. The van der Waals surface area contributed by atoms with Crippen molar-refractivity contribution in [3.8, 4) is 17.1 Å². The fourth-order valence-electron chi connectivity index (χ4n) is 3.52. The Balaban J connectivity index is 1.55. The third-order valence-corrected chi connectivity index (χ3v) is 4.85. The zero-order valence-corrected chi connectivity index (χ0v) is 15.2. The lowest BCUT2D eigenvalue weighted by Gasteiger charge is -2.36. The number of rotatable bonds is 5. The van der Waals surface area contributed by atoms with Crippen molar-refractivity contribution in [1.82, 2.24) is 15.2 Å². The molecular weight excluding hydrogens is 345 g/mol. The molecule has 140 valence electrons. The fourth-order valence-corrected chi connectivity index (χ4v) is 3.52. The van der Waals surface area contributed by atoms with Gasteiger partial charge in [0.05, 0.1) is 25.9 Å². The lowest BCUT2D eigenvalue weighted by atomic mass is 10.0. The molecule has 0 amide bonds. The maximum absolute atomic E-state index is 13.5. The molecular formula is C21H22FN3O2. The highest BCUT2D eigenvalue weighted by atomic mass is 19.1. The minimum Gasteiger partial charge on any atom is -0.496 e. The van der Waals surface area contributed by atoms with Crippen molar-refractivity contribution in [3.63, 3.8) is 0 Å². The molecule has 1 aliphatic heterocycles. The van der Waals surface area contributed by atoms with E-state index in [1.807, 2.05) is 24.3 Å². The SMILES string of the molecule is COc1ccccc1C1CNCCN1Cc1ncc(-c2cccc(F)c2)o1. The predicted octanol–water partition coefficient (Wildman–Crippen LogP) is 3.64. The first-order valence-electron chi connectivity index (χ1n) is 9.03. The van der Waals surface area contributed by atoms with Gasteiger partial charge in [-0.25, -0.2) is 9.37 Å². The van der Waals surface area contributed by atoms with Crippen molar-refractivity contribution >= 4 is 0 Å². The zero-order valence-electron chi connectivity index (χ0n) is 15.2. The van der Waals surface area contributed by atoms with Crippen LogP contribution in [0.1, 0.15) is 17.5 Å². The lowest BCUT2D eigenvalue weighted by molar-refractivity contribution is 0.138. The summed E-state index contributed by atoms with van der Waals surface area (Å²) in [6.45, 7) is 3.20. The summed E-state index contributed by atoms with van der Waals surface area (Å²) in [5.74, 6) is 1.79. The largest absolute Gasteiger partial charge is 0.496 e. The molecule has 6 heteroatoms. The number of hydrogen-bond acceptors (Lipinski definition) is 5. The number of piperazine rings is 1. The minimum absolute atomic E-state index is 0.166. The van der Waals surface area contributed by atoms with Crippen molar-refractivity contribution in [2.45, 2.75) is 12.6 Å². The van der Waals surface area contributed by atoms with Crippen LogP contribution in [0.15, 0.2) is 59.1 Å². The number of oxazole rings is 1. The Morgan fingerprint density at radius 3 is 3.00 bits per heavy atom. The van der Waals surface area contributed by atoms with Gasteiger partial charge in [-0.2, -0.15) is 0 Å². The molecule has 1 aliphatic rings. The van der Waals surface area contributed by atoms with E-state index in [1.54, 1.807) is 19.4 Å². The van der Waals surface area contributed by atoms with E-state index in [-0.39, 0.29) is 11.9 Å². The third-order valence-electron chi connectivity index (χ3n) is 4.85. The summed E-state index contributed by atoms with van der Waals surface area (Å²) in [4.78, 5) is 6.73. The molecule has 4 rings (SSSR count). The van der Waals surface area contributed by atoms with Gasteiger partial charge >= 0.3 is 0 Å². The monoisotopic (exact) mass is 367 g/mol. The number of nitrogens with zero attached hydrogens (tertiary/aromatic N) is 2. The van der Waals surface area contributed by atoms with E-state index in [2.05, 4.69) is 21.3 Å². The highest BCUT2D eigenvalue weighted by Crippen LogP contribution is 2.31. The second-order valence-corrected chi connectivity index (χ2v) is 6.56. The maximum Gasteiger partial charge on any atom is 0.209 e. The van der Waals surface area contributed by atoms with Crippen molar-refractivity contribution in [1.29, 1.82) is 0 Å². The molecule has 1 atom stereocenters. The van der Waals surface area contributed by atoms with Crippen LogP contribution < -0.4 is 10.1 Å². The van der Waals surface area contributed by atoms with Crippen LogP contribution >= 0.6 is 0 Å². The average molecular weight is 367 g/mol. The van der Waals surface area contributed by atoms with Gasteiger partial charge in [0.25, 0.3) is 0 Å². The Morgan fingerprint density at radius 2 is 2.15 bits per heavy atom. The van der Waals surface area contributed by atoms with Crippen LogP contribution in [0.5, 0.6) is 5.75 Å². The van der Waals surface area contributed by atoms with Gasteiger partial charge in [-0.1, -0.05) is 30.3 Å². The number of methoxy groups -OCH3 is 1. The molecule has 0 aliphatic carbocycles. The highest BCUT2D eigenvalue weighted by molar-refractivity contribution is 5.56. The van der Waals surface area contributed by atoms with Crippen LogP contribution in [0, 0.1) is 5.82 Å². The summed E-state index contributed by atoms with van der Waals surface area (Å²) in [6.07, 6.45) is 1.66. The number of benzene rings is 2. The van der Waals surface area contributed by atoms with E-state index in [9.17, 15) is 4.39 Å². The molecule has 0 spiro atoms. The van der Waals surface area contributed by atoms with Gasteiger partial charge in [0.15, 0.2) is 5.76 Å². The Bertz CT molecular complexity index is 912. The van der Waals surface area contributed by atoms with E-state index in [4.69, 9.17) is 9.15 Å². The van der Waals surface area contributed by atoms with Gasteiger partial charge in [-0.15, -0.1) is 0 Å². The van der Waals surface area contributed by atoms with E-state index in [0.29, 0.717) is 23.8 Å². The molecule has 1 saturated heterocycles. The molecule has 1 aromatic heterocycles. The van der Waals surface area contributed by atoms with Crippen molar-refractivity contribution < 1.29 is 13.5 Å². The standard InChI is InChI=1S/C21H22FN3O2/c1-26-19-8-3-2-7-17(19)18-12-23-9-10-25(18)14-21-24-13-20(27-21)15-5-4-6-16(22)11-15/h2-8,11,13,18,23H,9-10,12,14H2,1H3. The Morgan fingerprint density at radius 1 is 1.26 bits per heavy atom. The summed E-state index contributed by atoms with van der Waals surface area (Å²) in [5, 5.41) is 3.45. The second kappa shape index (κ2) is 7.90. The number of halogens is 1. The molecule has 0 radical (unpaired) electrons. The van der Waals surface area contributed by atoms with Crippen LogP contribution in [0.4, 0.5) is 4.39 Å². The van der Waals surface area contributed by atoms with Gasteiger partial charge in [-0.3, -0.25) is 4.90 Å². The van der Waals surface area contributed by atoms with Gasteiger partial charge in [-0.05, 0) is 18.2 Å². The molecule has 3 aromatic rings. The molecule has 1 fully saturated rings. The molecule has 1 unspecified atom stereocenters. The van der Waals surface area contributed by atoms with Crippen molar-refractivity contribution in [2.24, 2.45) is 0 Å². The van der Waals surface area contributed by atoms with E-state index < -0.39 is 0 Å². The summed E-state index contributed by atoms with van der Waals surface area (Å²) in [6, 6.07) is 14.6. The normalized spacial score (nSPS) is 17.8. The summed E-state index contributed by atoms with van der Waals surface area (Å²) < 4.78 is 24.9. The Labute approximate surface area is 157 Å². The van der Waals surface area contributed by atoms with Gasteiger partial charge in [0.2, 0.25) is 5.89 Å². The molecule has 2 heterocycles. The number of nitrogens with one attached hydrogen (secondary N) is 1. The van der Waals surface area contributed by atoms with Crippen LogP contribution in [0.3, 0.4) is 0 Å². The quantitative estimate of drug-likeness (QED) is 0.746. The molecule has 27 heavy (non-hydrogen) atoms. The Kier molecular flexibility index (Phi) is 5.18. The first-order valence-corrected chi connectivity index (χ1v) is 9.03. The van der Waals surface area contributed by atoms with Crippen molar-refractivity contribution in [2.75, 3.05) is 26.7 Å². The first-order chi connectivity index (χ1) is 13.2. The smallest absolute Gasteiger partial charge is 0.209 e. The second-order valence-electron chi connectivity index (χ2n) is 6.56. The van der Waals surface area contributed by atoms with Crippen LogP contribution in [-0.2, 0) is 6.54 Å². The number of aromatic nitrogens is 1. The molecule has 1 N–H and O–H groups in total. The topological polar surface area (TPSA) is 50.5 Å². The molecule has 2 aromatic carbocycles. The summed E-state index contributed by atoms with van der Waals surface area (Å²) in [7, 11) is 1.69. The predicted molar refractivity (Wildman–Crippen MR) is 101 cm³/mol. The minimum atomic E-state index is -0.288. The number of para-hydroxylation sites is 1. The summed E-state index contributed by atoms with van der Waals surface area (Å²) >= 11 is 0. The zero-order chi connectivity index (χ0) is 18.6. The van der Waals surface area contributed by atoms with Crippen LogP contribution in [0.25, 0.3) is 11.3 Å². The van der Waals surface area contributed by atoms with E-state index in [0.717, 1.165) is 30.9 Å². The van der Waals surface area contributed by atoms with Crippen molar-refractivity contribution in [3.05, 3.63) is 72.0 Å². The average Bonchev–Trinajstić information content (AvgIpc) is 3.17. The van der Waals surface area contributed by atoms with Gasteiger partial charge in [0, 0.05) is 30.8 Å². The molecule has 0 saturated carbocycles. The summed E-state index contributed by atoms with van der Waals surface area (Å²) in [5.41, 5.74) is 1.83. The highest BCUT2D eigenvalue weighted by Gasteiger charge is 2.27. The molecule has 5 nitrogen and oxygen atoms in total. The molecule has 0 bridgehead atoms.